The van der Waals surface area contributed by atoms with E-state index in [0.29, 0.717) is 31.3 Å². The van der Waals surface area contributed by atoms with Gasteiger partial charge in [-0.15, -0.1) is 0 Å². The summed E-state index contributed by atoms with van der Waals surface area (Å²) in [6.45, 7) is 8.34. The number of amides is 1. The lowest BCUT2D eigenvalue weighted by Gasteiger charge is -2.36. The molecule has 2 bridgehead atoms. The number of rotatable bonds is 3. The molecule has 1 aliphatic carbocycles. The first kappa shape index (κ1) is 33.9. The monoisotopic (exact) mass is 645 g/mol. The second-order valence-electron chi connectivity index (χ2n) is 14.1. The molecule has 0 radical (unpaired) electrons. The minimum Gasteiger partial charge on any atom is -0.497 e. The number of hydrogen-bond acceptors (Lipinski definition) is 9. The molecule has 10 nitrogen and oxygen atoms in total. The van der Waals surface area contributed by atoms with Gasteiger partial charge in [0.25, 0.3) is 0 Å². The van der Waals surface area contributed by atoms with E-state index >= 15 is 8.78 Å². The van der Waals surface area contributed by atoms with Gasteiger partial charge in [-0.25, -0.2) is 9.97 Å². The maximum atomic E-state index is 16.0. The molecule has 1 aromatic heterocycles. The number of aldehydes is 1. The molecule has 2 aliphatic heterocycles. The van der Waals surface area contributed by atoms with Crippen LogP contribution in [0.2, 0.25) is 0 Å². The lowest BCUT2D eigenvalue weighted by Crippen LogP contribution is -2.47. The van der Waals surface area contributed by atoms with Crippen LogP contribution in [0.25, 0.3) is 11.0 Å². The van der Waals surface area contributed by atoms with E-state index in [1.165, 1.54) is 12.0 Å². The van der Waals surface area contributed by atoms with Crippen LogP contribution < -0.4 is 9.47 Å². The van der Waals surface area contributed by atoms with E-state index in [9.17, 15) is 14.4 Å². The van der Waals surface area contributed by atoms with Crippen molar-refractivity contribution in [2.45, 2.75) is 96.8 Å². The third-order valence-electron chi connectivity index (χ3n) is 10.0. The van der Waals surface area contributed by atoms with Crippen LogP contribution in [0, 0.1) is 23.2 Å². The van der Waals surface area contributed by atoms with E-state index in [1.54, 1.807) is 18.2 Å². The van der Waals surface area contributed by atoms with Gasteiger partial charge < -0.3 is 28.6 Å². The fourth-order valence-corrected chi connectivity index (χ4v) is 7.27. The number of alkyl halides is 2. The van der Waals surface area contributed by atoms with Gasteiger partial charge in [0.2, 0.25) is 11.8 Å². The summed E-state index contributed by atoms with van der Waals surface area (Å²) in [7, 11) is 1.49. The van der Waals surface area contributed by atoms with Crippen molar-refractivity contribution in [3.8, 4) is 11.6 Å². The Labute approximate surface area is 268 Å². The number of carbonyl (C=O) groups excluding carboxylic acids is 3. The van der Waals surface area contributed by atoms with Crippen LogP contribution in [0.5, 0.6) is 11.6 Å². The molecule has 2 fully saturated rings. The molecule has 0 spiro atoms. The number of hydrogen-bond donors (Lipinski definition) is 0. The number of aromatic nitrogens is 2. The third kappa shape index (κ3) is 6.68. The van der Waals surface area contributed by atoms with Gasteiger partial charge in [0.05, 0.1) is 43.1 Å². The average molecular weight is 646 g/mol. The van der Waals surface area contributed by atoms with Crippen molar-refractivity contribution in [3.05, 3.63) is 23.9 Å². The summed E-state index contributed by atoms with van der Waals surface area (Å²) in [5, 5.41) is 0. The van der Waals surface area contributed by atoms with Gasteiger partial charge in [0, 0.05) is 24.5 Å². The number of methoxy groups -OCH3 is 1. The van der Waals surface area contributed by atoms with Crippen LogP contribution in [-0.2, 0) is 29.8 Å². The lowest BCUT2D eigenvalue weighted by molar-refractivity contribution is -0.167. The first-order chi connectivity index (χ1) is 21.7. The summed E-state index contributed by atoms with van der Waals surface area (Å²) in [6, 6.07) is 3.85. The number of nitrogens with zero attached hydrogens (tertiary/aromatic N) is 3. The summed E-state index contributed by atoms with van der Waals surface area (Å²) < 4.78 is 55.1. The van der Waals surface area contributed by atoms with Crippen LogP contribution in [0.1, 0.15) is 78.8 Å². The van der Waals surface area contributed by atoms with Gasteiger partial charge in [-0.2, -0.15) is 8.78 Å². The highest BCUT2D eigenvalue weighted by molar-refractivity contribution is 5.87. The third-order valence-corrected chi connectivity index (χ3v) is 10.0. The highest BCUT2D eigenvalue weighted by Crippen LogP contribution is 2.43. The topological polar surface area (TPSA) is 117 Å². The molecular formula is C34H45F2N3O7. The number of carbonyl (C=O) groups is 3. The zero-order valence-electron chi connectivity index (χ0n) is 27.5. The minimum atomic E-state index is -3.58. The van der Waals surface area contributed by atoms with E-state index in [0.717, 1.165) is 12.8 Å². The Morgan fingerprint density at radius 3 is 2.59 bits per heavy atom. The molecule has 1 saturated heterocycles. The molecule has 3 heterocycles. The Morgan fingerprint density at radius 1 is 1.15 bits per heavy atom. The molecule has 12 heteroatoms. The molecule has 1 amide bonds. The van der Waals surface area contributed by atoms with Gasteiger partial charge >= 0.3 is 11.9 Å². The number of esters is 1. The number of fused-ring (bicyclic) bond motifs is 5. The van der Waals surface area contributed by atoms with Crippen molar-refractivity contribution in [2.75, 3.05) is 26.9 Å². The fraction of sp³-hybridized carbons (Fsp3) is 0.676. The van der Waals surface area contributed by atoms with E-state index in [4.69, 9.17) is 18.9 Å². The molecule has 1 saturated carbocycles. The normalized spacial score (nSPS) is 30.9. The van der Waals surface area contributed by atoms with E-state index in [-0.39, 0.29) is 42.4 Å². The van der Waals surface area contributed by atoms with Gasteiger partial charge in [0.1, 0.15) is 30.3 Å². The largest absolute Gasteiger partial charge is 0.497 e. The molecule has 5 rings (SSSR count). The highest BCUT2D eigenvalue weighted by Gasteiger charge is 2.50. The Kier molecular flexibility index (Phi) is 9.59. The predicted octanol–water partition coefficient (Wildman–Crippen LogP) is 5.49. The zero-order valence-corrected chi connectivity index (χ0v) is 27.5. The molecule has 0 N–H and O–H groups in total. The summed E-state index contributed by atoms with van der Waals surface area (Å²) >= 11 is 0. The Balaban J connectivity index is 1.60. The molecule has 6 atom stereocenters. The first-order valence-corrected chi connectivity index (χ1v) is 16.2. The quantitative estimate of drug-likeness (QED) is 0.316. The molecule has 1 aromatic carbocycles. The van der Waals surface area contributed by atoms with E-state index in [2.05, 4.69) is 9.97 Å². The maximum Gasteiger partial charge on any atom is 0.317 e. The number of ether oxygens (including phenoxy) is 4. The average Bonchev–Trinajstić information content (AvgIpc) is 3.54. The predicted molar refractivity (Wildman–Crippen MR) is 165 cm³/mol. The fourth-order valence-electron chi connectivity index (χ4n) is 7.27. The molecule has 2 aromatic rings. The highest BCUT2D eigenvalue weighted by atomic mass is 19.3. The van der Waals surface area contributed by atoms with Crippen LogP contribution >= 0.6 is 0 Å². The summed E-state index contributed by atoms with van der Waals surface area (Å²) in [5.74, 6) is -5.79. The van der Waals surface area contributed by atoms with E-state index in [1.807, 2.05) is 34.6 Å². The van der Waals surface area contributed by atoms with Crippen LogP contribution in [0.3, 0.4) is 0 Å². The van der Waals surface area contributed by atoms with Crippen molar-refractivity contribution in [2.24, 2.45) is 23.2 Å². The van der Waals surface area contributed by atoms with Crippen LogP contribution in [0.15, 0.2) is 18.2 Å². The zero-order chi connectivity index (χ0) is 33.4. The standard InChI is InChI=1S/C34H45F2N3O7/c1-7-22-26(18-40)39-17-27(22)45-30-29(37-24-11-10-21(43-6)15-25(24)38-30)34(35,36)19-44-14-12-20-9-8-13-33(20,5)46-28(41)16-23(31(39)42)32(2,3)4/h10-11,15,18,20,22-23,26-27H,7-9,12-14,16-17,19H2,1-6H3/t20-,22-,23+,26+,27-,33+/m0/s1. The van der Waals surface area contributed by atoms with Gasteiger partial charge in [-0.3, -0.25) is 9.59 Å². The Bertz CT molecular complexity index is 1460. The number of halogens is 2. The Morgan fingerprint density at radius 2 is 1.91 bits per heavy atom. The van der Waals surface area contributed by atoms with Crippen molar-refractivity contribution in [1.29, 1.82) is 0 Å². The molecule has 252 valence electrons. The molecule has 3 aliphatic rings. The van der Waals surface area contributed by atoms with Crippen molar-refractivity contribution in [3.63, 3.8) is 0 Å². The van der Waals surface area contributed by atoms with Gasteiger partial charge in [-0.05, 0) is 56.6 Å². The van der Waals surface area contributed by atoms with Gasteiger partial charge in [-0.1, -0.05) is 27.7 Å². The van der Waals surface area contributed by atoms with Crippen LogP contribution in [0.4, 0.5) is 8.78 Å². The minimum absolute atomic E-state index is 0.0292. The van der Waals surface area contributed by atoms with Crippen molar-refractivity contribution < 1.29 is 42.1 Å². The van der Waals surface area contributed by atoms with E-state index < -0.39 is 65.1 Å². The number of benzene rings is 1. The Hall–Kier alpha value is -3.41. The van der Waals surface area contributed by atoms with Crippen molar-refractivity contribution in [1.82, 2.24) is 14.9 Å². The van der Waals surface area contributed by atoms with Crippen molar-refractivity contribution >= 4 is 29.2 Å². The molecule has 0 unspecified atom stereocenters. The lowest BCUT2D eigenvalue weighted by atomic mass is 9.77. The van der Waals surface area contributed by atoms with Crippen LogP contribution in [-0.4, -0.2) is 77.6 Å². The van der Waals surface area contributed by atoms with Gasteiger partial charge in [0.15, 0.2) is 5.69 Å². The second kappa shape index (κ2) is 13.0. The SMILES string of the molecule is CC[C@@H]1[C@@H]2CN(C(=O)[C@H](C(C)(C)C)CC(=O)O[C@]3(C)CCC[C@H]3CCOCC(F)(F)c3nc4ccc(OC)cc4nc3O2)[C@@H]1C=O. The smallest absolute Gasteiger partial charge is 0.317 e. The summed E-state index contributed by atoms with van der Waals surface area (Å²) in [6.07, 6.45) is 2.75. The first-order valence-electron chi connectivity index (χ1n) is 16.2. The molecular weight excluding hydrogens is 600 g/mol. The maximum absolute atomic E-state index is 16.0. The molecule has 46 heavy (non-hydrogen) atoms. The summed E-state index contributed by atoms with van der Waals surface area (Å²) in [4.78, 5) is 50.4. The summed E-state index contributed by atoms with van der Waals surface area (Å²) in [5.41, 5.74) is -1.62. The second-order valence-corrected chi connectivity index (χ2v) is 14.1.